The van der Waals surface area contributed by atoms with Gasteiger partial charge in [0.05, 0.1) is 19.0 Å². The van der Waals surface area contributed by atoms with Gasteiger partial charge in [-0.3, -0.25) is 29.3 Å². The maximum absolute atomic E-state index is 13.0. The lowest BCUT2D eigenvalue weighted by Crippen LogP contribution is -2.60. The summed E-state index contributed by atoms with van der Waals surface area (Å²) in [4.78, 5) is 76.3. The molecule has 0 spiro atoms. The van der Waals surface area contributed by atoms with Gasteiger partial charge in [0.1, 0.15) is 6.04 Å². The van der Waals surface area contributed by atoms with E-state index in [-0.39, 0.29) is 50.0 Å². The van der Waals surface area contributed by atoms with Gasteiger partial charge in [-0.2, -0.15) is 0 Å². The molecule has 0 aliphatic carbocycles. The van der Waals surface area contributed by atoms with Crippen LogP contribution in [0.5, 0.6) is 0 Å². The lowest BCUT2D eigenvalue weighted by Gasteiger charge is -2.32. The minimum atomic E-state index is -1.43. The Balaban J connectivity index is 1.36. The minimum absolute atomic E-state index is 0.0830. The number of benzene rings is 1. The van der Waals surface area contributed by atoms with Crippen molar-refractivity contribution in [3.05, 3.63) is 41.2 Å². The molecule has 1 aromatic carbocycles. The lowest BCUT2D eigenvalue weighted by molar-refractivity contribution is -0.152. The number of carbonyl (C=O) groups is 6. The number of piperazine rings is 1. The van der Waals surface area contributed by atoms with Crippen molar-refractivity contribution in [2.45, 2.75) is 31.5 Å². The van der Waals surface area contributed by atoms with Gasteiger partial charge in [0.15, 0.2) is 5.69 Å². The van der Waals surface area contributed by atoms with Crippen LogP contribution in [0.4, 0.5) is 0 Å². The van der Waals surface area contributed by atoms with Crippen LogP contribution in [0.3, 0.4) is 0 Å². The zero-order valence-electron chi connectivity index (χ0n) is 19.1. The van der Waals surface area contributed by atoms with Crippen molar-refractivity contribution in [2.75, 3.05) is 20.2 Å². The average molecular weight is 495 g/mol. The molecular formula is C22H21N7O7. The van der Waals surface area contributed by atoms with Gasteiger partial charge in [0, 0.05) is 31.6 Å². The molecule has 36 heavy (non-hydrogen) atoms. The molecule has 14 nitrogen and oxygen atoms in total. The predicted molar refractivity (Wildman–Crippen MR) is 117 cm³/mol. The second-order valence-corrected chi connectivity index (χ2v) is 8.51. The molecule has 0 saturated carbocycles. The molecule has 0 bridgehead atoms. The van der Waals surface area contributed by atoms with E-state index in [9.17, 15) is 28.8 Å². The molecular weight excluding hydrogens is 474 g/mol. The summed E-state index contributed by atoms with van der Waals surface area (Å²) in [5.74, 6) is -3.33. The predicted octanol–water partition coefficient (Wildman–Crippen LogP) is -1.86. The molecule has 3 aliphatic heterocycles. The van der Waals surface area contributed by atoms with Crippen molar-refractivity contribution in [3.8, 4) is 5.69 Å². The Kier molecular flexibility index (Phi) is 5.70. The monoisotopic (exact) mass is 495 g/mol. The van der Waals surface area contributed by atoms with E-state index in [0.717, 1.165) is 12.0 Å². The van der Waals surface area contributed by atoms with Crippen molar-refractivity contribution in [1.82, 2.24) is 35.4 Å². The number of piperidine rings is 1. The van der Waals surface area contributed by atoms with Crippen LogP contribution in [0.15, 0.2) is 24.4 Å². The molecule has 2 fully saturated rings. The molecule has 3 aliphatic rings. The van der Waals surface area contributed by atoms with Gasteiger partial charge in [-0.25, -0.2) is 9.48 Å². The number of imide groups is 1. The fourth-order valence-electron chi connectivity index (χ4n) is 4.57. The number of methoxy groups -OCH3 is 1. The number of rotatable bonds is 4. The standard InChI is InChI=1S/C22H21N7O7/c1-36-22(35)17-19(32)23-6-7-27(17)21(34)14-10-29(26-25-14)12-2-3-13-11(8-12)9-28(20(13)33)15-4-5-16(30)24-18(15)31/h2-3,8,10,15,17H,4-7,9H2,1H3,(H,23,32)(H,24,30,31). The summed E-state index contributed by atoms with van der Waals surface area (Å²) in [5, 5.41) is 12.7. The summed E-state index contributed by atoms with van der Waals surface area (Å²) >= 11 is 0. The Hall–Kier alpha value is -4.62. The van der Waals surface area contributed by atoms with Crippen LogP contribution >= 0.6 is 0 Å². The first-order chi connectivity index (χ1) is 17.3. The molecule has 5 amide bonds. The number of nitrogens with one attached hydrogen (secondary N) is 2. The summed E-state index contributed by atoms with van der Waals surface area (Å²) in [6.07, 6.45) is 1.78. The number of hydrogen-bond acceptors (Lipinski definition) is 9. The topological polar surface area (TPSA) is 173 Å². The van der Waals surface area contributed by atoms with E-state index in [1.807, 2.05) is 0 Å². The zero-order chi connectivity index (χ0) is 25.6. The van der Waals surface area contributed by atoms with Crippen molar-refractivity contribution >= 4 is 35.5 Å². The molecule has 1 aromatic heterocycles. The van der Waals surface area contributed by atoms with Crippen LogP contribution in [0, 0.1) is 0 Å². The van der Waals surface area contributed by atoms with Crippen LogP contribution in [-0.2, 0) is 30.5 Å². The Morgan fingerprint density at radius 3 is 2.69 bits per heavy atom. The molecule has 4 heterocycles. The van der Waals surface area contributed by atoms with Crippen LogP contribution in [0.1, 0.15) is 39.3 Å². The van der Waals surface area contributed by atoms with E-state index in [0.29, 0.717) is 16.8 Å². The van der Waals surface area contributed by atoms with Crippen LogP contribution in [0.25, 0.3) is 5.69 Å². The maximum Gasteiger partial charge on any atom is 0.338 e. The number of nitrogens with zero attached hydrogens (tertiary/aromatic N) is 5. The Morgan fingerprint density at radius 1 is 1.14 bits per heavy atom. The zero-order valence-corrected chi connectivity index (χ0v) is 19.1. The van der Waals surface area contributed by atoms with Crippen molar-refractivity contribution in [3.63, 3.8) is 0 Å². The largest absolute Gasteiger partial charge is 0.467 e. The highest BCUT2D eigenvalue weighted by Crippen LogP contribution is 2.29. The van der Waals surface area contributed by atoms with Crippen LogP contribution < -0.4 is 10.6 Å². The maximum atomic E-state index is 13.0. The molecule has 2 N–H and O–H groups in total. The third-order valence-electron chi connectivity index (χ3n) is 6.38. The molecule has 2 saturated heterocycles. The number of hydrogen-bond donors (Lipinski definition) is 2. The summed E-state index contributed by atoms with van der Waals surface area (Å²) < 4.78 is 6.00. The third kappa shape index (κ3) is 3.85. The Labute approximate surface area is 203 Å². The molecule has 5 rings (SSSR count). The lowest BCUT2D eigenvalue weighted by atomic mass is 10.0. The minimum Gasteiger partial charge on any atom is -0.467 e. The Morgan fingerprint density at radius 2 is 1.94 bits per heavy atom. The summed E-state index contributed by atoms with van der Waals surface area (Å²) in [6.45, 7) is 0.446. The molecule has 2 atom stereocenters. The number of aromatic nitrogens is 3. The molecule has 2 unspecified atom stereocenters. The molecule has 14 heteroatoms. The second kappa shape index (κ2) is 8.87. The first-order valence-corrected chi connectivity index (χ1v) is 11.2. The summed E-state index contributed by atoms with van der Waals surface area (Å²) in [5.41, 5.74) is 1.52. The average Bonchev–Trinajstić information content (AvgIpc) is 3.48. The van der Waals surface area contributed by atoms with E-state index in [4.69, 9.17) is 0 Å². The van der Waals surface area contributed by atoms with E-state index in [1.165, 1.54) is 15.8 Å². The SMILES string of the molecule is COC(=O)C1C(=O)NCCN1C(=O)c1cn(-c2ccc3c(c2)CN(C2CCC(=O)NC2=O)C3=O)nn1. The van der Waals surface area contributed by atoms with E-state index >= 15 is 0 Å². The molecule has 0 radical (unpaired) electrons. The molecule has 186 valence electrons. The van der Waals surface area contributed by atoms with E-state index in [1.54, 1.807) is 18.2 Å². The van der Waals surface area contributed by atoms with Gasteiger partial charge in [0.25, 0.3) is 17.7 Å². The highest BCUT2D eigenvalue weighted by Gasteiger charge is 2.41. The summed E-state index contributed by atoms with van der Waals surface area (Å²) in [7, 11) is 1.13. The first-order valence-electron chi connectivity index (χ1n) is 11.2. The van der Waals surface area contributed by atoms with Gasteiger partial charge >= 0.3 is 5.97 Å². The number of amides is 5. The van der Waals surface area contributed by atoms with E-state index in [2.05, 4.69) is 25.7 Å². The highest BCUT2D eigenvalue weighted by molar-refractivity contribution is 6.08. The smallest absolute Gasteiger partial charge is 0.338 e. The number of esters is 1. The van der Waals surface area contributed by atoms with Crippen LogP contribution in [0.2, 0.25) is 0 Å². The van der Waals surface area contributed by atoms with Gasteiger partial charge < -0.3 is 19.9 Å². The quantitative estimate of drug-likeness (QED) is 0.280. The van der Waals surface area contributed by atoms with Crippen molar-refractivity contribution in [1.29, 1.82) is 0 Å². The second-order valence-electron chi connectivity index (χ2n) is 8.51. The number of ether oxygens (including phenoxy) is 1. The van der Waals surface area contributed by atoms with Gasteiger partial charge in [0.2, 0.25) is 17.9 Å². The Bertz CT molecular complexity index is 1310. The highest BCUT2D eigenvalue weighted by atomic mass is 16.5. The van der Waals surface area contributed by atoms with Crippen LogP contribution in [-0.4, -0.2) is 92.6 Å². The number of carbonyl (C=O) groups excluding carboxylic acids is 6. The number of fused-ring (bicyclic) bond motifs is 1. The normalized spacial score (nSPS) is 21.7. The fourth-order valence-corrected chi connectivity index (χ4v) is 4.57. The van der Waals surface area contributed by atoms with Gasteiger partial charge in [-0.15, -0.1) is 5.10 Å². The first kappa shape index (κ1) is 23.1. The summed E-state index contributed by atoms with van der Waals surface area (Å²) in [6, 6.07) is 2.77. The van der Waals surface area contributed by atoms with Crippen molar-refractivity contribution in [2.24, 2.45) is 0 Å². The fraction of sp³-hybridized carbons (Fsp3) is 0.364. The molecule has 2 aromatic rings. The van der Waals surface area contributed by atoms with Gasteiger partial charge in [-0.05, 0) is 30.2 Å². The van der Waals surface area contributed by atoms with Crippen molar-refractivity contribution < 1.29 is 33.5 Å². The van der Waals surface area contributed by atoms with Gasteiger partial charge in [-0.1, -0.05) is 5.21 Å². The third-order valence-corrected chi connectivity index (χ3v) is 6.38. The van der Waals surface area contributed by atoms with E-state index < -0.39 is 35.8 Å².